The fourth-order valence-corrected chi connectivity index (χ4v) is 3.94. The van der Waals surface area contributed by atoms with Crippen molar-refractivity contribution in [2.45, 2.75) is 31.6 Å². The van der Waals surface area contributed by atoms with Crippen LogP contribution in [0.25, 0.3) is 10.9 Å². The zero-order valence-electron chi connectivity index (χ0n) is 21.2. The monoisotopic (exact) mass is 520 g/mol. The lowest BCUT2D eigenvalue weighted by Gasteiger charge is -2.19. The van der Waals surface area contributed by atoms with Crippen LogP contribution < -0.4 is 15.6 Å². The molecule has 6 N–H and O–H groups in total. The summed E-state index contributed by atoms with van der Waals surface area (Å²) < 4.78 is 5.16. The molecule has 0 spiro atoms. The maximum Gasteiger partial charge on any atom is 0.337 e. The highest BCUT2D eigenvalue weighted by Crippen LogP contribution is 2.28. The zero-order chi connectivity index (χ0) is 27.7. The van der Waals surface area contributed by atoms with E-state index >= 15 is 0 Å². The topological polar surface area (TPSA) is 152 Å². The van der Waals surface area contributed by atoms with E-state index in [9.17, 15) is 19.8 Å². The van der Waals surface area contributed by atoms with Crippen LogP contribution in [0.5, 0.6) is 11.5 Å². The first kappa shape index (κ1) is 28.4. The number of carboxylic acids is 1. The number of aromatic nitrogens is 1. The summed E-state index contributed by atoms with van der Waals surface area (Å²) in [6.07, 6.45) is -1.35. The fourth-order valence-electron chi connectivity index (χ4n) is 3.94. The summed E-state index contributed by atoms with van der Waals surface area (Å²) in [6, 6.07) is 22.5. The molecule has 9 heteroatoms. The van der Waals surface area contributed by atoms with E-state index in [1.165, 1.54) is 17.7 Å². The van der Waals surface area contributed by atoms with Crippen LogP contribution in [0.2, 0.25) is 0 Å². The largest absolute Gasteiger partial charge is 0.506 e. The Morgan fingerprint density at radius 2 is 1.66 bits per heavy atom. The Hall–Kier alpha value is -4.18. The molecule has 0 saturated carbocycles. The van der Waals surface area contributed by atoms with Gasteiger partial charge in [0.05, 0.1) is 18.7 Å². The smallest absolute Gasteiger partial charge is 0.337 e. The number of H-pyrrole nitrogens is 1. The van der Waals surface area contributed by atoms with Gasteiger partial charge in [-0.1, -0.05) is 48.5 Å². The van der Waals surface area contributed by atoms with Crippen LogP contribution >= 0.6 is 0 Å². The average molecular weight is 521 g/mol. The van der Waals surface area contributed by atoms with Crippen molar-refractivity contribution in [1.82, 2.24) is 10.3 Å². The first-order chi connectivity index (χ1) is 18.2. The quantitative estimate of drug-likeness (QED) is 0.197. The van der Waals surface area contributed by atoms with Crippen LogP contribution in [0, 0.1) is 0 Å². The number of carboxylic acid groups (broad SMARTS) is 1. The molecule has 1 aromatic heterocycles. The average Bonchev–Trinajstić information content (AvgIpc) is 2.93. The van der Waals surface area contributed by atoms with Crippen LogP contribution in [0.1, 0.15) is 35.8 Å². The third-order valence-electron chi connectivity index (χ3n) is 5.98. The number of phenolic OH excluding ortho intramolecular Hbond substituents is 1. The Labute approximate surface area is 220 Å². The van der Waals surface area contributed by atoms with Gasteiger partial charge in [0.15, 0.2) is 6.10 Å². The Morgan fingerprint density at radius 3 is 2.29 bits per heavy atom. The van der Waals surface area contributed by atoms with Gasteiger partial charge in [0.1, 0.15) is 11.5 Å². The second kappa shape index (κ2) is 13.4. The molecule has 3 atom stereocenters. The number of ether oxygens (including phenoxy) is 1. The van der Waals surface area contributed by atoms with E-state index in [-0.39, 0.29) is 17.4 Å². The van der Waals surface area contributed by atoms with E-state index in [1.807, 2.05) is 24.3 Å². The lowest BCUT2D eigenvalue weighted by molar-refractivity contribution is -0.146. The molecular formula is C29H32N2O7. The van der Waals surface area contributed by atoms with Crippen molar-refractivity contribution in [3.8, 4) is 11.5 Å². The highest BCUT2D eigenvalue weighted by molar-refractivity contribution is 5.87. The standard InChI is InChI=1S/C21H24N2O4.C8H8O3/c1-13(11-14-3-5-15(27-2)6-4-14)22-12-19(25)16-7-9-18(24)21-17(16)8-10-20(26)23-21;9-7(8(10)11)6-4-2-1-3-5-6/h3-10,13,19,22,24-25H,11-12H2,1-2H3,(H,23,26);1-5,7,9H,(H,10,11)/t13-,19+;/m1./s1. The molecule has 200 valence electrons. The molecule has 4 aromatic rings. The number of aromatic hydroxyl groups is 1. The molecule has 38 heavy (non-hydrogen) atoms. The van der Waals surface area contributed by atoms with E-state index in [2.05, 4.69) is 17.2 Å². The van der Waals surface area contributed by atoms with Gasteiger partial charge in [0.2, 0.25) is 5.56 Å². The lowest BCUT2D eigenvalue weighted by atomic mass is 10.0. The van der Waals surface area contributed by atoms with E-state index < -0.39 is 18.2 Å². The van der Waals surface area contributed by atoms with Crippen molar-refractivity contribution in [2.24, 2.45) is 0 Å². The number of aliphatic carboxylic acids is 1. The minimum absolute atomic E-state index is 0.0144. The molecule has 3 aromatic carbocycles. The number of carbonyl (C=O) groups is 1. The molecule has 0 radical (unpaired) electrons. The highest BCUT2D eigenvalue weighted by Gasteiger charge is 2.15. The van der Waals surface area contributed by atoms with Crippen LogP contribution in [0.15, 0.2) is 83.7 Å². The summed E-state index contributed by atoms with van der Waals surface area (Å²) in [5.41, 5.74) is 2.28. The van der Waals surface area contributed by atoms with Crippen LogP contribution in [-0.4, -0.2) is 51.1 Å². The number of phenols is 1. The molecule has 4 rings (SSSR count). The molecule has 0 fully saturated rings. The maximum absolute atomic E-state index is 11.5. The number of aliphatic hydroxyl groups is 2. The summed E-state index contributed by atoms with van der Waals surface area (Å²) in [7, 11) is 1.64. The van der Waals surface area contributed by atoms with Crippen LogP contribution in [0.4, 0.5) is 0 Å². The second-order valence-electron chi connectivity index (χ2n) is 8.81. The number of hydrogen-bond donors (Lipinski definition) is 6. The molecule has 0 amide bonds. The first-order valence-corrected chi connectivity index (χ1v) is 12.0. The van der Waals surface area contributed by atoms with E-state index in [0.717, 1.165) is 12.2 Å². The predicted octanol–water partition coefficient (Wildman–Crippen LogP) is 3.30. The summed E-state index contributed by atoms with van der Waals surface area (Å²) in [5, 5.41) is 41.9. The van der Waals surface area contributed by atoms with Crippen molar-refractivity contribution >= 4 is 16.9 Å². The van der Waals surface area contributed by atoms with Gasteiger partial charge >= 0.3 is 5.97 Å². The summed E-state index contributed by atoms with van der Waals surface area (Å²) in [6.45, 7) is 2.42. The third-order valence-corrected chi connectivity index (χ3v) is 5.98. The summed E-state index contributed by atoms with van der Waals surface area (Å²) >= 11 is 0. The Kier molecular flexibility index (Phi) is 10.0. The van der Waals surface area contributed by atoms with Gasteiger partial charge in [0, 0.05) is 24.0 Å². The van der Waals surface area contributed by atoms with Crippen LogP contribution in [-0.2, 0) is 11.2 Å². The van der Waals surface area contributed by atoms with Gasteiger partial charge in [-0.05, 0) is 54.3 Å². The van der Waals surface area contributed by atoms with E-state index in [4.69, 9.17) is 14.9 Å². The van der Waals surface area contributed by atoms with Gasteiger partial charge in [-0.25, -0.2) is 4.79 Å². The molecule has 0 aliphatic rings. The van der Waals surface area contributed by atoms with Gasteiger partial charge in [-0.2, -0.15) is 0 Å². The molecule has 0 bridgehead atoms. The number of aliphatic hydroxyl groups excluding tert-OH is 2. The summed E-state index contributed by atoms with van der Waals surface area (Å²) in [5.74, 6) is -0.414. The lowest BCUT2D eigenvalue weighted by Crippen LogP contribution is -2.32. The second-order valence-corrected chi connectivity index (χ2v) is 8.81. The maximum atomic E-state index is 11.5. The Bertz CT molecular complexity index is 1390. The minimum Gasteiger partial charge on any atom is -0.506 e. The van der Waals surface area contributed by atoms with E-state index in [0.29, 0.717) is 28.6 Å². The van der Waals surface area contributed by atoms with Crippen molar-refractivity contribution in [1.29, 1.82) is 0 Å². The Morgan fingerprint density at radius 1 is 0.974 bits per heavy atom. The van der Waals surface area contributed by atoms with Crippen molar-refractivity contribution in [2.75, 3.05) is 13.7 Å². The van der Waals surface area contributed by atoms with E-state index in [1.54, 1.807) is 49.6 Å². The third kappa shape index (κ3) is 7.66. The molecule has 0 aliphatic heterocycles. The van der Waals surface area contributed by atoms with Gasteiger partial charge < -0.3 is 35.5 Å². The Balaban J connectivity index is 0.000000304. The minimum atomic E-state index is -1.41. The number of methoxy groups -OCH3 is 1. The molecule has 0 saturated heterocycles. The van der Waals surface area contributed by atoms with Gasteiger partial charge in [0.25, 0.3) is 0 Å². The van der Waals surface area contributed by atoms with Gasteiger partial charge in [-0.3, -0.25) is 4.79 Å². The molecule has 9 nitrogen and oxygen atoms in total. The zero-order valence-corrected chi connectivity index (χ0v) is 21.2. The van der Waals surface area contributed by atoms with Gasteiger partial charge in [-0.15, -0.1) is 0 Å². The van der Waals surface area contributed by atoms with Crippen molar-refractivity contribution in [3.63, 3.8) is 0 Å². The molecule has 0 aliphatic carbocycles. The number of pyridine rings is 1. The number of fused-ring (bicyclic) bond motifs is 1. The van der Waals surface area contributed by atoms with Crippen LogP contribution in [0.3, 0.4) is 0 Å². The predicted molar refractivity (Wildman–Crippen MR) is 144 cm³/mol. The molecular weight excluding hydrogens is 488 g/mol. The highest BCUT2D eigenvalue weighted by atomic mass is 16.5. The SMILES string of the molecule is COc1ccc(C[C@@H](C)NC[C@H](O)c2ccc(O)c3[nH]c(=O)ccc23)cc1.O=C(O)C(O)c1ccccc1. The summed E-state index contributed by atoms with van der Waals surface area (Å²) in [4.78, 5) is 24.4. The fraction of sp³-hybridized carbons (Fsp3) is 0.241. The molecule has 1 unspecified atom stereocenters. The number of benzene rings is 3. The normalized spacial score (nSPS) is 13.2. The number of rotatable bonds is 9. The first-order valence-electron chi connectivity index (χ1n) is 12.0. The van der Waals surface area contributed by atoms with Crippen molar-refractivity contribution < 1.29 is 30.0 Å². The number of nitrogens with one attached hydrogen (secondary N) is 2. The van der Waals surface area contributed by atoms with Crippen molar-refractivity contribution in [3.05, 3.63) is 106 Å². The number of aromatic amines is 1. The molecule has 1 heterocycles. The number of hydrogen-bond acceptors (Lipinski definition) is 7.